The van der Waals surface area contributed by atoms with Crippen molar-refractivity contribution in [1.29, 1.82) is 0 Å². The Bertz CT molecular complexity index is 375. The van der Waals surface area contributed by atoms with E-state index in [1.54, 1.807) is 12.1 Å². The summed E-state index contributed by atoms with van der Waals surface area (Å²) in [5.74, 6) is 0. The molecule has 0 radical (unpaired) electrons. The third-order valence-corrected chi connectivity index (χ3v) is 3.65. The molecule has 0 fully saturated rings. The molecule has 0 aromatic heterocycles. The number of alkyl halides is 3. The molecule has 102 valence electrons. The van der Waals surface area contributed by atoms with Crippen LogP contribution >= 0.6 is 22.6 Å². The zero-order chi connectivity index (χ0) is 13.8. The number of hydrogen-bond acceptors (Lipinski definition) is 1. The Hall–Kier alpha value is -0.300. The Balaban J connectivity index is 3.00. The Morgan fingerprint density at radius 1 is 1.11 bits per heavy atom. The van der Waals surface area contributed by atoms with E-state index in [1.165, 1.54) is 12.1 Å². The van der Waals surface area contributed by atoms with Gasteiger partial charge in [-0.05, 0) is 53.1 Å². The quantitative estimate of drug-likeness (QED) is 0.591. The van der Waals surface area contributed by atoms with Gasteiger partial charge in [0.25, 0.3) is 0 Å². The van der Waals surface area contributed by atoms with E-state index in [9.17, 15) is 18.3 Å². The Labute approximate surface area is 119 Å². The normalized spacial score (nSPS) is 15.4. The molecule has 0 heterocycles. The topological polar surface area (TPSA) is 20.2 Å². The van der Waals surface area contributed by atoms with Crippen molar-refractivity contribution in [3.05, 3.63) is 33.4 Å². The van der Waals surface area contributed by atoms with Gasteiger partial charge in [-0.15, -0.1) is 0 Å². The van der Waals surface area contributed by atoms with Gasteiger partial charge in [0.15, 0.2) is 5.60 Å². The van der Waals surface area contributed by atoms with Crippen LogP contribution in [0, 0.1) is 3.57 Å². The molecule has 1 nitrogen and oxygen atoms in total. The van der Waals surface area contributed by atoms with E-state index in [0.717, 1.165) is 9.99 Å². The summed E-state index contributed by atoms with van der Waals surface area (Å²) >= 11 is 2.02. The molecule has 1 unspecified atom stereocenters. The third-order valence-electron chi connectivity index (χ3n) is 2.93. The zero-order valence-corrected chi connectivity index (χ0v) is 12.3. The van der Waals surface area contributed by atoms with Gasteiger partial charge in [0, 0.05) is 3.57 Å². The van der Waals surface area contributed by atoms with Crippen LogP contribution in [0.5, 0.6) is 0 Å². The van der Waals surface area contributed by atoms with Crippen LogP contribution in [-0.2, 0) is 5.60 Å². The highest BCUT2D eigenvalue weighted by Crippen LogP contribution is 2.42. The maximum absolute atomic E-state index is 13.1. The molecule has 1 atom stereocenters. The molecular formula is C13H16F3IO. The van der Waals surface area contributed by atoms with Gasteiger partial charge in [0.1, 0.15) is 0 Å². The minimum atomic E-state index is -4.65. The molecule has 0 aliphatic rings. The fourth-order valence-electron chi connectivity index (χ4n) is 1.81. The maximum Gasteiger partial charge on any atom is 0.421 e. The van der Waals surface area contributed by atoms with Gasteiger partial charge in [0.2, 0.25) is 0 Å². The Morgan fingerprint density at radius 3 is 2.11 bits per heavy atom. The van der Waals surface area contributed by atoms with Crippen LogP contribution in [0.2, 0.25) is 0 Å². The van der Waals surface area contributed by atoms with Gasteiger partial charge in [-0.2, -0.15) is 13.2 Å². The second-order valence-electron chi connectivity index (χ2n) is 4.32. The summed E-state index contributed by atoms with van der Waals surface area (Å²) in [5.41, 5.74) is -2.81. The third kappa shape index (κ3) is 3.60. The molecule has 18 heavy (non-hydrogen) atoms. The summed E-state index contributed by atoms with van der Waals surface area (Å²) in [6.07, 6.45) is -3.07. The average molecular weight is 372 g/mol. The van der Waals surface area contributed by atoms with Crippen molar-refractivity contribution >= 4 is 22.6 Å². The number of hydrogen-bond donors (Lipinski definition) is 1. The molecule has 1 N–H and O–H groups in total. The summed E-state index contributed by atoms with van der Waals surface area (Å²) in [4.78, 5) is 0. The zero-order valence-electron chi connectivity index (χ0n) is 10.1. The van der Waals surface area contributed by atoms with Crippen LogP contribution in [0.15, 0.2) is 24.3 Å². The second kappa shape index (κ2) is 6.23. The minimum absolute atomic E-state index is 0.0773. The number of unbranched alkanes of at least 4 members (excludes halogenated alkanes) is 2. The molecule has 0 saturated heterocycles. The van der Waals surface area contributed by atoms with E-state index < -0.39 is 11.8 Å². The number of rotatable bonds is 5. The van der Waals surface area contributed by atoms with Gasteiger partial charge in [-0.25, -0.2) is 0 Å². The van der Waals surface area contributed by atoms with E-state index in [2.05, 4.69) is 0 Å². The van der Waals surface area contributed by atoms with E-state index >= 15 is 0 Å². The Morgan fingerprint density at radius 2 is 1.67 bits per heavy atom. The standard InChI is InChI=1S/C13H16F3IO/c1-2-3-4-9-12(18,13(14,15)16)10-5-7-11(17)8-6-10/h5-8,18H,2-4,9H2,1H3. The fraction of sp³-hybridized carbons (Fsp3) is 0.538. The first-order valence-corrected chi connectivity index (χ1v) is 6.94. The number of benzene rings is 1. The molecule has 1 aromatic carbocycles. The largest absolute Gasteiger partial charge is 0.421 e. The molecule has 0 bridgehead atoms. The Kier molecular flexibility index (Phi) is 5.46. The van der Waals surface area contributed by atoms with Crippen molar-refractivity contribution in [3.8, 4) is 0 Å². The lowest BCUT2D eigenvalue weighted by molar-refractivity contribution is -0.269. The van der Waals surface area contributed by atoms with Gasteiger partial charge in [-0.3, -0.25) is 0 Å². The van der Waals surface area contributed by atoms with Crippen LogP contribution < -0.4 is 0 Å². The van der Waals surface area contributed by atoms with Gasteiger partial charge in [0.05, 0.1) is 0 Å². The number of halogens is 4. The van der Waals surface area contributed by atoms with Crippen LogP contribution in [-0.4, -0.2) is 11.3 Å². The lowest BCUT2D eigenvalue weighted by Crippen LogP contribution is -2.42. The average Bonchev–Trinajstić information content (AvgIpc) is 2.28. The molecule has 1 rings (SSSR count). The first-order chi connectivity index (χ1) is 8.31. The molecule has 0 aliphatic carbocycles. The predicted octanol–water partition coefficient (Wildman–Crippen LogP) is 4.62. The van der Waals surface area contributed by atoms with Crippen LogP contribution in [0.1, 0.15) is 38.2 Å². The van der Waals surface area contributed by atoms with Crippen molar-refractivity contribution in [2.75, 3.05) is 0 Å². The summed E-state index contributed by atoms with van der Waals surface area (Å²) < 4.78 is 40.0. The van der Waals surface area contributed by atoms with Crippen LogP contribution in [0.3, 0.4) is 0 Å². The number of aliphatic hydroxyl groups is 1. The molecule has 0 spiro atoms. The molecule has 0 amide bonds. The van der Waals surface area contributed by atoms with Crippen molar-refractivity contribution in [2.45, 2.75) is 44.4 Å². The molecule has 0 saturated carbocycles. The summed E-state index contributed by atoms with van der Waals surface area (Å²) in [5, 5.41) is 10.0. The molecule has 0 aliphatic heterocycles. The van der Waals surface area contributed by atoms with Crippen molar-refractivity contribution < 1.29 is 18.3 Å². The van der Waals surface area contributed by atoms with Crippen molar-refractivity contribution in [1.82, 2.24) is 0 Å². The van der Waals surface area contributed by atoms with E-state index in [0.29, 0.717) is 12.8 Å². The lowest BCUT2D eigenvalue weighted by Gasteiger charge is -2.31. The van der Waals surface area contributed by atoms with Gasteiger partial charge >= 0.3 is 6.18 Å². The lowest BCUT2D eigenvalue weighted by atomic mass is 9.87. The molecule has 1 aromatic rings. The maximum atomic E-state index is 13.1. The van der Waals surface area contributed by atoms with E-state index in [1.807, 2.05) is 29.5 Å². The second-order valence-corrected chi connectivity index (χ2v) is 5.57. The summed E-state index contributed by atoms with van der Waals surface area (Å²) in [7, 11) is 0. The van der Waals surface area contributed by atoms with Crippen molar-refractivity contribution in [2.24, 2.45) is 0 Å². The molecular weight excluding hydrogens is 356 g/mol. The van der Waals surface area contributed by atoms with Gasteiger partial charge in [-0.1, -0.05) is 31.9 Å². The smallest absolute Gasteiger partial charge is 0.376 e. The first kappa shape index (κ1) is 15.8. The highest BCUT2D eigenvalue weighted by atomic mass is 127. The highest BCUT2D eigenvalue weighted by molar-refractivity contribution is 14.1. The molecule has 5 heteroatoms. The van der Waals surface area contributed by atoms with E-state index in [4.69, 9.17) is 0 Å². The summed E-state index contributed by atoms with van der Waals surface area (Å²) in [6.45, 7) is 1.91. The first-order valence-electron chi connectivity index (χ1n) is 5.86. The predicted molar refractivity (Wildman–Crippen MR) is 73.3 cm³/mol. The van der Waals surface area contributed by atoms with Crippen LogP contribution in [0.25, 0.3) is 0 Å². The monoisotopic (exact) mass is 372 g/mol. The van der Waals surface area contributed by atoms with Crippen LogP contribution in [0.4, 0.5) is 13.2 Å². The van der Waals surface area contributed by atoms with Gasteiger partial charge < -0.3 is 5.11 Å². The van der Waals surface area contributed by atoms with E-state index in [-0.39, 0.29) is 12.0 Å². The minimum Gasteiger partial charge on any atom is -0.376 e. The SMILES string of the molecule is CCCCCC(O)(c1ccc(I)cc1)C(F)(F)F. The summed E-state index contributed by atoms with van der Waals surface area (Å²) in [6, 6.07) is 5.85. The fourth-order valence-corrected chi connectivity index (χ4v) is 2.17. The van der Waals surface area contributed by atoms with Crippen molar-refractivity contribution in [3.63, 3.8) is 0 Å². The highest BCUT2D eigenvalue weighted by Gasteiger charge is 2.54.